The first-order valence-corrected chi connectivity index (χ1v) is 8.32. The lowest BCUT2D eigenvalue weighted by Crippen LogP contribution is -1.95. The van der Waals surface area contributed by atoms with Gasteiger partial charge in [-0.25, -0.2) is 4.98 Å². The summed E-state index contributed by atoms with van der Waals surface area (Å²) in [5.74, 6) is 0.639. The Balaban J connectivity index is 1.90. The van der Waals surface area contributed by atoms with E-state index in [0.717, 1.165) is 33.4 Å². The second-order valence-corrected chi connectivity index (χ2v) is 6.12. The minimum absolute atomic E-state index is 0.0313. The molecule has 0 unspecified atom stereocenters. The molecule has 7 nitrogen and oxygen atoms in total. The molecule has 4 rings (SSSR count). The summed E-state index contributed by atoms with van der Waals surface area (Å²) in [4.78, 5) is 4.81. The number of pyridine rings is 1. The summed E-state index contributed by atoms with van der Waals surface area (Å²) in [5.41, 5.74) is 4.43. The summed E-state index contributed by atoms with van der Waals surface area (Å²) in [6.45, 7) is 2.04. The lowest BCUT2D eigenvalue weighted by atomic mass is 10.0. The average molecular weight is 362 g/mol. The van der Waals surface area contributed by atoms with Gasteiger partial charge >= 0.3 is 0 Å². The number of benzene rings is 2. The lowest BCUT2D eigenvalue weighted by molar-refractivity contribution is 0.340. The number of aromatic hydroxyl groups is 1. The van der Waals surface area contributed by atoms with E-state index in [9.17, 15) is 5.11 Å². The summed E-state index contributed by atoms with van der Waals surface area (Å²) < 4.78 is 12.3. The summed E-state index contributed by atoms with van der Waals surface area (Å²) in [7, 11) is 3.01. The third-order valence-electron chi connectivity index (χ3n) is 4.49. The standard InChI is InChI=1S/C20H18N4O3/c1-12-6-16(13-7-18(26-2)20(25)19(8-13)27-3)23-17-9-14(4-5-15(12)17)24-10-21-22-11-24/h4-11,25H,1-3H3. The van der Waals surface area contributed by atoms with Gasteiger partial charge in [-0.05, 0) is 42.8 Å². The fraction of sp³-hybridized carbons (Fsp3) is 0.150. The van der Waals surface area contributed by atoms with Crippen molar-refractivity contribution in [1.82, 2.24) is 19.7 Å². The first-order chi connectivity index (χ1) is 13.1. The third-order valence-corrected chi connectivity index (χ3v) is 4.49. The largest absolute Gasteiger partial charge is 0.502 e. The Labute approximate surface area is 155 Å². The van der Waals surface area contributed by atoms with Gasteiger partial charge in [0.15, 0.2) is 11.5 Å². The maximum atomic E-state index is 10.1. The van der Waals surface area contributed by atoms with Gasteiger partial charge < -0.3 is 14.6 Å². The zero-order chi connectivity index (χ0) is 19.0. The Hall–Kier alpha value is -3.61. The zero-order valence-electron chi connectivity index (χ0n) is 15.2. The van der Waals surface area contributed by atoms with Gasteiger partial charge in [0, 0.05) is 10.9 Å². The molecule has 0 saturated carbocycles. The molecule has 0 atom stereocenters. The summed E-state index contributed by atoms with van der Waals surface area (Å²) in [5, 5.41) is 18.9. The number of methoxy groups -OCH3 is 2. The third kappa shape index (κ3) is 2.93. The fourth-order valence-corrected chi connectivity index (χ4v) is 3.07. The fourth-order valence-electron chi connectivity index (χ4n) is 3.07. The van der Waals surface area contributed by atoms with Crippen molar-refractivity contribution in [2.75, 3.05) is 14.2 Å². The molecule has 2 aromatic carbocycles. The van der Waals surface area contributed by atoms with Gasteiger partial charge in [-0.1, -0.05) is 6.07 Å². The minimum Gasteiger partial charge on any atom is -0.502 e. The van der Waals surface area contributed by atoms with Crippen LogP contribution in [0.2, 0.25) is 0 Å². The number of aryl methyl sites for hydroxylation is 1. The normalized spacial score (nSPS) is 10.9. The van der Waals surface area contributed by atoms with Gasteiger partial charge in [-0.2, -0.15) is 0 Å². The van der Waals surface area contributed by atoms with Crippen LogP contribution in [0.5, 0.6) is 17.2 Å². The first-order valence-electron chi connectivity index (χ1n) is 8.32. The summed E-state index contributed by atoms with van der Waals surface area (Å²) >= 11 is 0. The van der Waals surface area contributed by atoms with E-state index in [1.165, 1.54) is 14.2 Å². The summed E-state index contributed by atoms with van der Waals surface area (Å²) in [6, 6.07) is 11.5. The van der Waals surface area contributed by atoms with Crippen molar-refractivity contribution >= 4 is 10.9 Å². The molecule has 0 spiro atoms. The lowest BCUT2D eigenvalue weighted by Gasteiger charge is -2.13. The van der Waals surface area contributed by atoms with Crippen molar-refractivity contribution in [3.8, 4) is 34.2 Å². The second kappa shape index (κ2) is 6.60. The highest BCUT2D eigenvalue weighted by molar-refractivity contribution is 5.87. The molecule has 0 aliphatic rings. The quantitative estimate of drug-likeness (QED) is 0.598. The molecule has 0 radical (unpaired) electrons. The van der Waals surface area contributed by atoms with E-state index in [1.807, 2.05) is 35.8 Å². The van der Waals surface area contributed by atoms with Crippen LogP contribution >= 0.6 is 0 Å². The van der Waals surface area contributed by atoms with Crippen LogP contribution in [-0.2, 0) is 0 Å². The van der Waals surface area contributed by atoms with Gasteiger partial charge in [-0.3, -0.25) is 4.57 Å². The molecule has 0 fully saturated rings. The Bertz CT molecular complexity index is 1100. The van der Waals surface area contributed by atoms with E-state index in [2.05, 4.69) is 10.2 Å². The molecule has 27 heavy (non-hydrogen) atoms. The SMILES string of the molecule is COc1cc(-c2cc(C)c3ccc(-n4cnnc4)cc3n2)cc(OC)c1O. The first kappa shape index (κ1) is 16.8. The number of hydrogen-bond acceptors (Lipinski definition) is 6. The van der Waals surface area contributed by atoms with E-state index in [4.69, 9.17) is 14.5 Å². The van der Waals surface area contributed by atoms with Crippen LogP contribution in [0, 0.1) is 6.92 Å². The highest BCUT2D eigenvalue weighted by atomic mass is 16.5. The van der Waals surface area contributed by atoms with E-state index in [0.29, 0.717) is 11.5 Å². The van der Waals surface area contributed by atoms with Crippen molar-refractivity contribution < 1.29 is 14.6 Å². The minimum atomic E-state index is -0.0313. The van der Waals surface area contributed by atoms with Crippen LogP contribution in [-0.4, -0.2) is 39.1 Å². The van der Waals surface area contributed by atoms with Crippen LogP contribution in [0.4, 0.5) is 0 Å². The molecule has 2 aromatic heterocycles. The molecule has 0 bridgehead atoms. The van der Waals surface area contributed by atoms with Crippen LogP contribution in [0.15, 0.2) is 49.1 Å². The van der Waals surface area contributed by atoms with Crippen LogP contribution < -0.4 is 9.47 Å². The van der Waals surface area contributed by atoms with Crippen LogP contribution in [0.25, 0.3) is 27.8 Å². The Kier molecular flexibility index (Phi) is 4.12. The van der Waals surface area contributed by atoms with Gasteiger partial charge in [0.1, 0.15) is 12.7 Å². The maximum Gasteiger partial charge on any atom is 0.200 e. The molecular formula is C20H18N4O3. The monoisotopic (exact) mass is 362 g/mol. The summed E-state index contributed by atoms with van der Waals surface area (Å²) in [6.07, 6.45) is 3.29. The van der Waals surface area contributed by atoms with Crippen LogP contribution in [0.1, 0.15) is 5.56 Å². The van der Waals surface area contributed by atoms with Crippen molar-refractivity contribution in [1.29, 1.82) is 0 Å². The Morgan fingerprint density at radius 3 is 2.22 bits per heavy atom. The van der Waals surface area contributed by atoms with E-state index in [-0.39, 0.29) is 5.75 Å². The Morgan fingerprint density at radius 1 is 0.926 bits per heavy atom. The second-order valence-electron chi connectivity index (χ2n) is 6.12. The number of aromatic nitrogens is 4. The van der Waals surface area contributed by atoms with Gasteiger partial charge in [0.25, 0.3) is 0 Å². The molecule has 1 N–H and O–H groups in total. The molecular weight excluding hydrogens is 344 g/mol. The number of ether oxygens (including phenoxy) is 2. The highest BCUT2D eigenvalue weighted by Crippen LogP contribution is 2.40. The number of phenolic OH excluding ortho intramolecular Hbond substituents is 1. The Morgan fingerprint density at radius 2 is 1.59 bits per heavy atom. The predicted molar refractivity (Wildman–Crippen MR) is 102 cm³/mol. The number of fused-ring (bicyclic) bond motifs is 1. The number of nitrogens with zero attached hydrogens (tertiary/aromatic N) is 4. The zero-order valence-corrected chi connectivity index (χ0v) is 15.2. The van der Waals surface area contributed by atoms with Gasteiger partial charge in [0.05, 0.1) is 31.1 Å². The molecule has 4 aromatic rings. The molecule has 0 aliphatic heterocycles. The van der Waals surface area contributed by atoms with Crippen molar-refractivity contribution in [3.05, 3.63) is 54.6 Å². The maximum absolute atomic E-state index is 10.1. The smallest absolute Gasteiger partial charge is 0.200 e. The van der Waals surface area contributed by atoms with Crippen molar-refractivity contribution in [2.24, 2.45) is 0 Å². The molecule has 136 valence electrons. The predicted octanol–water partition coefficient (Wildman–Crippen LogP) is 3.51. The molecule has 7 heteroatoms. The number of hydrogen-bond donors (Lipinski definition) is 1. The van der Waals surface area contributed by atoms with Crippen molar-refractivity contribution in [2.45, 2.75) is 6.92 Å². The van der Waals surface area contributed by atoms with E-state index < -0.39 is 0 Å². The van der Waals surface area contributed by atoms with Crippen LogP contribution in [0.3, 0.4) is 0 Å². The van der Waals surface area contributed by atoms with Gasteiger partial charge in [0.2, 0.25) is 5.75 Å². The molecule has 2 heterocycles. The molecule has 0 saturated heterocycles. The van der Waals surface area contributed by atoms with E-state index in [1.54, 1.807) is 24.8 Å². The number of rotatable bonds is 4. The van der Waals surface area contributed by atoms with Crippen molar-refractivity contribution in [3.63, 3.8) is 0 Å². The molecule has 0 amide bonds. The number of phenols is 1. The highest BCUT2D eigenvalue weighted by Gasteiger charge is 2.14. The average Bonchev–Trinajstić information content (AvgIpc) is 3.22. The topological polar surface area (TPSA) is 82.3 Å². The van der Waals surface area contributed by atoms with E-state index >= 15 is 0 Å². The van der Waals surface area contributed by atoms with Gasteiger partial charge in [-0.15, -0.1) is 10.2 Å². The molecule has 0 aliphatic carbocycles.